The van der Waals surface area contributed by atoms with E-state index in [1.807, 2.05) is 18.4 Å². The van der Waals surface area contributed by atoms with Crippen molar-refractivity contribution in [2.24, 2.45) is 4.99 Å². The van der Waals surface area contributed by atoms with Crippen LogP contribution in [0.1, 0.15) is 45.0 Å². The second kappa shape index (κ2) is 14.6. The highest BCUT2D eigenvalue weighted by Gasteiger charge is 2.23. The zero-order valence-electron chi connectivity index (χ0n) is 18.7. The van der Waals surface area contributed by atoms with Gasteiger partial charge in [-0.15, -0.1) is 35.3 Å². The zero-order chi connectivity index (χ0) is 20.4. The fourth-order valence-electron chi connectivity index (χ4n) is 3.77. The van der Waals surface area contributed by atoms with Crippen LogP contribution in [0.4, 0.5) is 0 Å². The van der Waals surface area contributed by atoms with Gasteiger partial charge in [0, 0.05) is 56.7 Å². The minimum Gasteiger partial charge on any atom is -0.379 e. The third-order valence-electron chi connectivity index (χ3n) is 5.26. The van der Waals surface area contributed by atoms with Crippen molar-refractivity contribution in [3.05, 3.63) is 22.4 Å². The van der Waals surface area contributed by atoms with Crippen molar-refractivity contribution in [2.75, 3.05) is 53.0 Å². The number of morpholine rings is 1. The van der Waals surface area contributed by atoms with Gasteiger partial charge in [0.25, 0.3) is 0 Å². The maximum atomic E-state index is 5.53. The second-order valence-corrected chi connectivity index (χ2v) is 8.82. The molecule has 29 heavy (non-hydrogen) atoms. The molecule has 1 saturated heterocycles. The monoisotopic (exact) mass is 537 g/mol. The Morgan fingerprint density at radius 2 is 1.90 bits per heavy atom. The van der Waals surface area contributed by atoms with E-state index < -0.39 is 0 Å². The standard InChI is InChI=1S/C21H39N5OS.HI/c1-17(2)26(18(3)4)10-7-9-23-21(22-5)24-16-19(20-8-6-15-28-20)25-11-13-27-14-12-25;/h6,8,15,17-19H,7,9-14,16H2,1-5H3,(H2,22,23,24);1H. The van der Waals surface area contributed by atoms with Gasteiger partial charge in [-0.3, -0.25) is 14.8 Å². The first-order valence-corrected chi connectivity index (χ1v) is 11.5. The van der Waals surface area contributed by atoms with E-state index in [9.17, 15) is 0 Å². The van der Waals surface area contributed by atoms with E-state index in [4.69, 9.17) is 4.74 Å². The first-order chi connectivity index (χ1) is 13.5. The summed E-state index contributed by atoms with van der Waals surface area (Å²) in [7, 11) is 1.85. The molecule has 0 amide bonds. The van der Waals surface area contributed by atoms with Crippen LogP contribution in [-0.2, 0) is 4.74 Å². The highest BCUT2D eigenvalue weighted by Crippen LogP contribution is 2.25. The first kappa shape index (κ1) is 26.6. The number of guanidine groups is 1. The zero-order valence-corrected chi connectivity index (χ0v) is 21.8. The third kappa shape index (κ3) is 9.08. The molecule has 168 valence electrons. The Morgan fingerprint density at radius 3 is 2.45 bits per heavy atom. The molecule has 1 aromatic heterocycles. The lowest BCUT2D eigenvalue weighted by Gasteiger charge is -2.34. The summed E-state index contributed by atoms with van der Waals surface area (Å²) in [5, 5.41) is 9.17. The van der Waals surface area contributed by atoms with Crippen molar-refractivity contribution < 1.29 is 4.74 Å². The molecule has 0 saturated carbocycles. The Kier molecular flexibility index (Phi) is 13.4. The fourth-order valence-corrected chi connectivity index (χ4v) is 4.64. The van der Waals surface area contributed by atoms with Gasteiger partial charge in [0.2, 0.25) is 0 Å². The van der Waals surface area contributed by atoms with Gasteiger partial charge in [-0.05, 0) is 45.6 Å². The van der Waals surface area contributed by atoms with Gasteiger partial charge in [0.1, 0.15) is 0 Å². The summed E-state index contributed by atoms with van der Waals surface area (Å²) in [6, 6.07) is 5.89. The molecule has 0 aromatic carbocycles. The average molecular weight is 538 g/mol. The lowest BCUT2D eigenvalue weighted by atomic mass is 10.2. The van der Waals surface area contributed by atoms with Gasteiger partial charge in [-0.25, -0.2) is 0 Å². The summed E-state index contributed by atoms with van der Waals surface area (Å²) < 4.78 is 5.53. The highest BCUT2D eigenvalue weighted by molar-refractivity contribution is 14.0. The third-order valence-corrected chi connectivity index (χ3v) is 6.23. The summed E-state index contributed by atoms with van der Waals surface area (Å²) in [4.78, 5) is 10.9. The highest BCUT2D eigenvalue weighted by atomic mass is 127. The molecule has 0 spiro atoms. The number of hydrogen-bond acceptors (Lipinski definition) is 5. The van der Waals surface area contributed by atoms with E-state index in [0.717, 1.165) is 58.3 Å². The number of hydrogen-bond donors (Lipinski definition) is 2. The predicted octanol–water partition coefficient (Wildman–Crippen LogP) is 3.41. The summed E-state index contributed by atoms with van der Waals surface area (Å²) in [5.74, 6) is 0.885. The minimum atomic E-state index is 0. The van der Waals surface area contributed by atoms with E-state index in [-0.39, 0.29) is 24.0 Å². The van der Waals surface area contributed by atoms with Crippen LogP contribution >= 0.6 is 35.3 Å². The van der Waals surface area contributed by atoms with E-state index in [0.29, 0.717) is 18.1 Å². The molecule has 0 aliphatic carbocycles. The molecule has 0 bridgehead atoms. The van der Waals surface area contributed by atoms with Crippen LogP contribution in [-0.4, -0.2) is 80.8 Å². The number of thiophene rings is 1. The van der Waals surface area contributed by atoms with Gasteiger partial charge in [-0.1, -0.05) is 6.07 Å². The lowest BCUT2D eigenvalue weighted by Crippen LogP contribution is -2.46. The summed E-state index contributed by atoms with van der Waals surface area (Å²) >= 11 is 1.83. The van der Waals surface area contributed by atoms with Crippen LogP contribution < -0.4 is 10.6 Å². The Balaban J connectivity index is 0.00000420. The van der Waals surface area contributed by atoms with E-state index in [1.54, 1.807) is 0 Å². The smallest absolute Gasteiger partial charge is 0.191 e. The molecule has 0 radical (unpaired) electrons. The van der Waals surface area contributed by atoms with E-state index >= 15 is 0 Å². The maximum Gasteiger partial charge on any atom is 0.191 e. The van der Waals surface area contributed by atoms with E-state index in [2.05, 4.69) is 70.6 Å². The molecular formula is C21H40IN5OS. The minimum absolute atomic E-state index is 0. The molecule has 2 heterocycles. The number of ether oxygens (including phenoxy) is 1. The molecule has 6 nitrogen and oxygen atoms in total. The van der Waals surface area contributed by atoms with Crippen molar-refractivity contribution in [3.63, 3.8) is 0 Å². The van der Waals surface area contributed by atoms with Gasteiger partial charge >= 0.3 is 0 Å². The number of rotatable bonds is 10. The second-order valence-electron chi connectivity index (χ2n) is 7.84. The number of nitrogens with one attached hydrogen (secondary N) is 2. The number of aliphatic imine (C=N–C) groups is 1. The maximum absolute atomic E-state index is 5.53. The van der Waals surface area contributed by atoms with Gasteiger partial charge < -0.3 is 15.4 Å². The summed E-state index contributed by atoms with van der Waals surface area (Å²) in [5.41, 5.74) is 0. The van der Waals surface area contributed by atoms with Crippen molar-refractivity contribution in [2.45, 2.75) is 52.2 Å². The van der Waals surface area contributed by atoms with Gasteiger partial charge in [0.05, 0.1) is 19.3 Å². The first-order valence-electron chi connectivity index (χ1n) is 10.6. The van der Waals surface area contributed by atoms with Gasteiger partial charge in [0.15, 0.2) is 5.96 Å². The molecule has 2 rings (SSSR count). The van der Waals surface area contributed by atoms with Crippen molar-refractivity contribution in [1.29, 1.82) is 0 Å². The average Bonchev–Trinajstić information content (AvgIpc) is 3.21. The molecule has 1 unspecified atom stereocenters. The Bertz CT molecular complexity index is 553. The fraction of sp³-hybridized carbons (Fsp3) is 0.762. The normalized spacial score (nSPS) is 16.9. The number of nitrogens with zero attached hydrogens (tertiary/aromatic N) is 3. The molecule has 1 fully saturated rings. The van der Waals surface area contributed by atoms with Gasteiger partial charge in [-0.2, -0.15) is 0 Å². The quantitative estimate of drug-likeness (QED) is 0.208. The predicted molar refractivity (Wildman–Crippen MR) is 136 cm³/mol. The Morgan fingerprint density at radius 1 is 1.21 bits per heavy atom. The molecular weight excluding hydrogens is 497 g/mol. The molecule has 1 aliphatic heterocycles. The molecule has 2 N–H and O–H groups in total. The van der Waals surface area contributed by atoms with E-state index in [1.165, 1.54) is 4.88 Å². The van der Waals surface area contributed by atoms with Crippen molar-refractivity contribution in [1.82, 2.24) is 20.4 Å². The topological polar surface area (TPSA) is 52.1 Å². The molecule has 1 aliphatic rings. The van der Waals surface area contributed by atoms with Crippen LogP contribution in [0.2, 0.25) is 0 Å². The SMILES string of the molecule is CN=C(NCCCN(C(C)C)C(C)C)NCC(c1cccs1)N1CCOCC1.I. The summed E-state index contributed by atoms with van der Waals surface area (Å²) in [6.07, 6.45) is 1.11. The molecule has 8 heteroatoms. The van der Waals surface area contributed by atoms with Crippen LogP contribution in [0.3, 0.4) is 0 Å². The summed E-state index contributed by atoms with van der Waals surface area (Å²) in [6.45, 7) is 15.6. The molecule has 1 atom stereocenters. The number of halogens is 1. The Labute approximate surface area is 198 Å². The van der Waals surface area contributed by atoms with Crippen molar-refractivity contribution >= 4 is 41.3 Å². The van der Waals surface area contributed by atoms with Crippen LogP contribution in [0.25, 0.3) is 0 Å². The largest absolute Gasteiger partial charge is 0.379 e. The Hall–Kier alpha value is -0.420. The van der Waals surface area contributed by atoms with Crippen LogP contribution in [0.5, 0.6) is 0 Å². The van der Waals surface area contributed by atoms with Crippen molar-refractivity contribution in [3.8, 4) is 0 Å². The molecule has 1 aromatic rings. The van der Waals surface area contributed by atoms with Crippen LogP contribution in [0.15, 0.2) is 22.5 Å². The lowest BCUT2D eigenvalue weighted by molar-refractivity contribution is 0.0177. The van der Waals surface area contributed by atoms with Crippen LogP contribution in [0, 0.1) is 0 Å².